The SMILES string of the molecule is COC(=O)c1cccc(N2CCN(C(=O)NC(C)(C)C)CC2)c1. The van der Waals surface area contributed by atoms with Crippen molar-refractivity contribution < 1.29 is 14.3 Å². The number of amides is 2. The number of hydrogen-bond acceptors (Lipinski definition) is 4. The van der Waals surface area contributed by atoms with Crippen molar-refractivity contribution in [1.82, 2.24) is 10.2 Å². The molecule has 0 radical (unpaired) electrons. The summed E-state index contributed by atoms with van der Waals surface area (Å²) in [7, 11) is 1.38. The van der Waals surface area contributed by atoms with E-state index in [0.29, 0.717) is 18.7 Å². The Morgan fingerprint density at radius 2 is 1.78 bits per heavy atom. The fourth-order valence-corrected chi connectivity index (χ4v) is 2.52. The number of urea groups is 1. The molecule has 6 nitrogen and oxygen atoms in total. The molecule has 1 aromatic carbocycles. The first kappa shape index (κ1) is 17.1. The Morgan fingerprint density at radius 3 is 2.35 bits per heavy atom. The number of ether oxygens (including phenoxy) is 1. The second-order valence-corrected chi connectivity index (χ2v) is 6.70. The molecule has 126 valence electrons. The van der Waals surface area contributed by atoms with Gasteiger partial charge in [0, 0.05) is 37.4 Å². The smallest absolute Gasteiger partial charge is 0.337 e. The summed E-state index contributed by atoms with van der Waals surface area (Å²) in [5.74, 6) is -0.338. The van der Waals surface area contributed by atoms with Gasteiger partial charge in [0.1, 0.15) is 0 Å². The zero-order chi connectivity index (χ0) is 17.0. The number of methoxy groups -OCH3 is 1. The Hall–Kier alpha value is -2.24. The molecule has 0 spiro atoms. The number of piperazine rings is 1. The van der Waals surface area contributed by atoms with Crippen molar-refractivity contribution in [2.45, 2.75) is 26.3 Å². The van der Waals surface area contributed by atoms with Crippen LogP contribution in [-0.2, 0) is 4.74 Å². The number of hydrogen-bond donors (Lipinski definition) is 1. The van der Waals surface area contributed by atoms with Gasteiger partial charge in [-0.1, -0.05) is 6.07 Å². The van der Waals surface area contributed by atoms with Crippen LogP contribution in [0.3, 0.4) is 0 Å². The summed E-state index contributed by atoms with van der Waals surface area (Å²) in [6, 6.07) is 7.36. The summed E-state index contributed by atoms with van der Waals surface area (Å²) in [4.78, 5) is 27.8. The molecule has 0 atom stereocenters. The van der Waals surface area contributed by atoms with E-state index in [1.807, 2.05) is 43.9 Å². The van der Waals surface area contributed by atoms with Crippen LogP contribution in [0.2, 0.25) is 0 Å². The lowest BCUT2D eigenvalue weighted by Crippen LogP contribution is -2.55. The molecule has 2 rings (SSSR count). The van der Waals surface area contributed by atoms with Crippen LogP contribution in [0.1, 0.15) is 31.1 Å². The number of carbonyl (C=O) groups is 2. The van der Waals surface area contributed by atoms with Gasteiger partial charge in [-0.15, -0.1) is 0 Å². The third-order valence-corrected chi connectivity index (χ3v) is 3.68. The standard InChI is InChI=1S/C17H25N3O3/c1-17(2,3)18-16(22)20-10-8-19(9-11-20)14-7-5-6-13(12-14)15(21)23-4/h5-7,12H,8-11H2,1-4H3,(H,18,22). The lowest BCUT2D eigenvalue weighted by atomic mass is 10.1. The van der Waals surface area contributed by atoms with E-state index in [1.54, 1.807) is 6.07 Å². The van der Waals surface area contributed by atoms with Crippen molar-refractivity contribution in [1.29, 1.82) is 0 Å². The average Bonchev–Trinajstić information content (AvgIpc) is 2.53. The van der Waals surface area contributed by atoms with Gasteiger partial charge in [-0.05, 0) is 39.0 Å². The van der Waals surface area contributed by atoms with E-state index in [2.05, 4.69) is 10.2 Å². The van der Waals surface area contributed by atoms with Crippen LogP contribution in [0.25, 0.3) is 0 Å². The summed E-state index contributed by atoms with van der Waals surface area (Å²) in [6.07, 6.45) is 0. The van der Waals surface area contributed by atoms with Crippen molar-refractivity contribution in [2.75, 3.05) is 38.2 Å². The van der Waals surface area contributed by atoms with E-state index >= 15 is 0 Å². The highest BCUT2D eigenvalue weighted by molar-refractivity contribution is 5.90. The van der Waals surface area contributed by atoms with Gasteiger partial charge in [0.25, 0.3) is 0 Å². The molecule has 1 saturated heterocycles. The minimum Gasteiger partial charge on any atom is -0.465 e. The largest absolute Gasteiger partial charge is 0.465 e. The number of esters is 1. The van der Waals surface area contributed by atoms with Gasteiger partial charge in [0.2, 0.25) is 0 Å². The molecular formula is C17H25N3O3. The van der Waals surface area contributed by atoms with Crippen LogP contribution in [0.5, 0.6) is 0 Å². The number of anilines is 1. The third kappa shape index (κ3) is 4.61. The molecule has 0 aliphatic carbocycles. The third-order valence-electron chi connectivity index (χ3n) is 3.68. The average molecular weight is 319 g/mol. The first-order valence-electron chi connectivity index (χ1n) is 7.80. The van der Waals surface area contributed by atoms with E-state index in [1.165, 1.54) is 7.11 Å². The van der Waals surface area contributed by atoms with Crippen LogP contribution in [0.15, 0.2) is 24.3 Å². The van der Waals surface area contributed by atoms with E-state index in [4.69, 9.17) is 4.74 Å². The van der Waals surface area contributed by atoms with Crippen molar-refractivity contribution in [3.05, 3.63) is 29.8 Å². The predicted octanol–water partition coefficient (Wildman–Crippen LogP) is 2.10. The van der Waals surface area contributed by atoms with Crippen molar-refractivity contribution >= 4 is 17.7 Å². The van der Waals surface area contributed by atoms with Crippen molar-refractivity contribution in [3.63, 3.8) is 0 Å². The Bertz CT molecular complexity index is 573. The molecule has 1 N–H and O–H groups in total. The van der Waals surface area contributed by atoms with Crippen LogP contribution in [0, 0.1) is 0 Å². The molecule has 1 heterocycles. The van der Waals surface area contributed by atoms with E-state index in [0.717, 1.165) is 18.8 Å². The summed E-state index contributed by atoms with van der Waals surface area (Å²) in [6.45, 7) is 8.71. The second-order valence-electron chi connectivity index (χ2n) is 6.70. The first-order valence-corrected chi connectivity index (χ1v) is 7.80. The minimum atomic E-state index is -0.338. The summed E-state index contributed by atoms with van der Waals surface area (Å²) >= 11 is 0. The lowest BCUT2D eigenvalue weighted by molar-refractivity contribution is 0.0600. The van der Waals surface area contributed by atoms with Gasteiger partial charge in [-0.3, -0.25) is 0 Å². The lowest BCUT2D eigenvalue weighted by Gasteiger charge is -2.37. The highest BCUT2D eigenvalue weighted by atomic mass is 16.5. The van der Waals surface area contributed by atoms with Crippen LogP contribution in [-0.4, -0.2) is 55.7 Å². The Balaban J connectivity index is 1.97. The van der Waals surface area contributed by atoms with E-state index in [9.17, 15) is 9.59 Å². The number of rotatable bonds is 2. The quantitative estimate of drug-likeness (QED) is 0.848. The fraction of sp³-hybridized carbons (Fsp3) is 0.529. The van der Waals surface area contributed by atoms with Gasteiger partial charge in [-0.25, -0.2) is 9.59 Å². The Kier molecular flexibility index (Phi) is 5.13. The fourth-order valence-electron chi connectivity index (χ4n) is 2.52. The molecule has 0 saturated carbocycles. The summed E-state index contributed by atoms with van der Waals surface area (Å²) in [5, 5.41) is 2.98. The molecular weight excluding hydrogens is 294 g/mol. The monoisotopic (exact) mass is 319 g/mol. The van der Waals surface area contributed by atoms with E-state index < -0.39 is 0 Å². The zero-order valence-corrected chi connectivity index (χ0v) is 14.3. The van der Waals surface area contributed by atoms with Gasteiger partial charge in [0.05, 0.1) is 12.7 Å². The summed E-state index contributed by atoms with van der Waals surface area (Å²) in [5.41, 5.74) is 1.28. The van der Waals surface area contributed by atoms with Crippen LogP contribution >= 0.6 is 0 Å². The van der Waals surface area contributed by atoms with Gasteiger partial charge < -0.3 is 19.9 Å². The summed E-state index contributed by atoms with van der Waals surface area (Å²) < 4.78 is 4.75. The molecule has 6 heteroatoms. The Labute approximate surface area is 137 Å². The first-order chi connectivity index (χ1) is 10.8. The molecule has 0 bridgehead atoms. The van der Waals surface area contributed by atoms with Crippen molar-refractivity contribution in [2.24, 2.45) is 0 Å². The molecule has 23 heavy (non-hydrogen) atoms. The number of nitrogens with one attached hydrogen (secondary N) is 1. The van der Waals surface area contributed by atoms with Gasteiger partial charge in [-0.2, -0.15) is 0 Å². The zero-order valence-electron chi connectivity index (χ0n) is 14.3. The molecule has 1 aliphatic heterocycles. The minimum absolute atomic E-state index is 0.0274. The molecule has 0 aromatic heterocycles. The van der Waals surface area contributed by atoms with Crippen molar-refractivity contribution in [3.8, 4) is 0 Å². The molecule has 1 aliphatic rings. The number of nitrogens with zero attached hydrogens (tertiary/aromatic N) is 2. The highest BCUT2D eigenvalue weighted by Gasteiger charge is 2.24. The molecule has 1 aromatic rings. The second kappa shape index (κ2) is 6.89. The van der Waals surface area contributed by atoms with Crippen LogP contribution in [0.4, 0.5) is 10.5 Å². The van der Waals surface area contributed by atoms with E-state index in [-0.39, 0.29) is 17.5 Å². The molecule has 2 amide bonds. The maximum Gasteiger partial charge on any atom is 0.337 e. The van der Waals surface area contributed by atoms with Crippen LogP contribution < -0.4 is 10.2 Å². The van der Waals surface area contributed by atoms with Gasteiger partial charge >= 0.3 is 12.0 Å². The normalized spacial score (nSPS) is 15.3. The topological polar surface area (TPSA) is 61.9 Å². The number of benzene rings is 1. The Morgan fingerprint density at radius 1 is 1.13 bits per heavy atom. The maximum absolute atomic E-state index is 12.2. The number of carbonyl (C=O) groups excluding carboxylic acids is 2. The predicted molar refractivity (Wildman–Crippen MR) is 89.9 cm³/mol. The molecule has 0 unspecified atom stereocenters. The highest BCUT2D eigenvalue weighted by Crippen LogP contribution is 2.19. The maximum atomic E-state index is 12.2. The molecule has 1 fully saturated rings. The van der Waals surface area contributed by atoms with Gasteiger partial charge in [0.15, 0.2) is 0 Å².